The van der Waals surface area contributed by atoms with Crippen LogP contribution in [0, 0.1) is 11.8 Å². The number of carbonyl (C=O) groups excluding carboxylic acids is 2. The predicted molar refractivity (Wildman–Crippen MR) is 93.0 cm³/mol. The largest absolute Gasteiger partial charge is 0.481 e. The van der Waals surface area contributed by atoms with Gasteiger partial charge in [0, 0.05) is 17.6 Å². The van der Waals surface area contributed by atoms with Crippen molar-refractivity contribution in [3.05, 3.63) is 29.8 Å². The number of aliphatic carboxylic acids is 1. The second-order valence-electron chi connectivity index (χ2n) is 7.09. The average molecular weight is 344 g/mol. The Balaban J connectivity index is 1.43. The summed E-state index contributed by atoms with van der Waals surface area (Å²) in [6.45, 7) is 0. The van der Waals surface area contributed by atoms with Crippen LogP contribution in [-0.4, -0.2) is 28.9 Å². The minimum atomic E-state index is -0.737. The molecule has 3 rings (SSSR count). The Bertz CT molecular complexity index is 644. The molecule has 0 aromatic heterocycles. The monoisotopic (exact) mass is 344 g/mol. The van der Waals surface area contributed by atoms with Gasteiger partial charge in [0.15, 0.2) is 0 Å². The van der Waals surface area contributed by atoms with Crippen molar-refractivity contribution in [1.82, 2.24) is 5.32 Å². The molecular formula is C19H24N2O4. The van der Waals surface area contributed by atoms with Crippen LogP contribution in [0.4, 0.5) is 5.69 Å². The van der Waals surface area contributed by atoms with Gasteiger partial charge in [-0.1, -0.05) is 12.1 Å². The fraction of sp³-hybridized carbons (Fsp3) is 0.526. The summed E-state index contributed by atoms with van der Waals surface area (Å²) in [6, 6.07) is 7.41. The molecule has 0 bridgehead atoms. The molecule has 0 heterocycles. The van der Waals surface area contributed by atoms with E-state index in [1.54, 1.807) is 0 Å². The van der Waals surface area contributed by atoms with E-state index in [1.807, 2.05) is 24.3 Å². The van der Waals surface area contributed by atoms with Gasteiger partial charge >= 0.3 is 5.97 Å². The van der Waals surface area contributed by atoms with E-state index in [9.17, 15) is 14.4 Å². The van der Waals surface area contributed by atoms with Crippen molar-refractivity contribution in [1.29, 1.82) is 0 Å². The Hall–Kier alpha value is -2.37. The minimum absolute atomic E-state index is 0.0476. The van der Waals surface area contributed by atoms with E-state index in [2.05, 4.69) is 10.6 Å². The standard InChI is InChI=1S/C19H24N2O4/c22-17(20-15-9-5-14(6-10-15)19(24)25)11-12-1-7-16(8-2-12)21-18(23)13-3-4-13/h1-2,7-8,13-15H,3-6,9-11H2,(H,20,22)(H,21,23)(H,24,25). The van der Waals surface area contributed by atoms with Gasteiger partial charge < -0.3 is 15.7 Å². The molecule has 0 atom stereocenters. The molecule has 2 amide bonds. The Morgan fingerprint density at radius 2 is 1.52 bits per heavy atom. The van der Waals surface area contributed by atoms with E-state index in [-0.39, 0.29) is 36.1 Å². The quantitative estimate of drug-likeness (QED) is 0.738. The van der Waals surface area contributed by atoms with Crippen molar-refractivity contribution >= 4 is 23.5 Å². The highest BCUT2D eigenvalue weighted by atomic mass is 16.4. The summed E-state index contributed by atoms with van der Waals surface area (Å²) in [6.07, 6.45) is 4.90. The number of rotatable bonds is 6. The molecule has 3 N–H and O–H groups in total. The number of hydrogen-bond donors (Lipinski definition) is 3. The molecule has 134 valence electrons. The topological polar surface area (TPSA) is 95.5 Å². The van der Waals surface area contributed by atoms with Gasteiger partial charge in [-0.05, 0) is 56.2 Å². The van der Waals surface area contributed by atoms with Gasteiger partial charge in [0.05, 0.1) is 12.3 Å². The molecule has 25 heavy (non-hydrogen) atoms. The Morgan fingerprint density at radius 3 is 2.08 bits per heavy atom. The smallest absolute Gasteiger partial charge is 0.306 e. The Kier molecular flexibility index (Phi) is 5.36. The summed E-state index contributed by atoms with van der Waals surface area (Å²) < 4.78 is 0. The second kappa shape index (κ2) is 7.68. The van der Waals surface area contributed by atoms with Crippen LogP contribution >= 0.6 is 0 Å². The number of nitrogens with one attached hydrogen (secondary N) is 2. The molecule has 0 radical (unpaired) electrons. The van der Waals surface area contributed by atoms with Crippen LogP contribution in [0.15, 0.2) is 24.3 Å². The SMILES string of the molecule is O=C(Cc1ccc(NC(=O)C2CC2)cc1)NC1CCC(C(=O)O)CC1. The van der Waals surface area contributed by atoms with E-state index in [1.165, 1.54) is 0 Å². The maximum absolute atomic E-state index is 12.2. The highest BCUT2D eigenvalue weighted by molar-refractivity contribution is 5.94. The first-order valence-electron chi connectivity index (χ1n) is 8.93. The van der Waals surface area contributed by atoms with E-state index < -0.39 is 5.97 Å². The van der Waals surface area contributed by atoms with Crippen molar-refractivity contribution in [2.75, 3.05) is 5.32 Å². The van der Waals surface area contributed by atoms with Crippen molar-refractivity contribution in [2.45, 2.75) is 51.0 Å². The van der Waals surface area contributed by atoms with Gasteiger partial charge in [0.25, 0.3) is 0 Å². The molecule has 2 fully saturated rings. The highest BCUT2D eigenvalue weighted by Gasteiger charge is 2.29. The average Bonchev–Trinajstić information content (AvgIpc) is 3.42. The maximum atomic E-state index is 12.2. The van der Waals surface area contributed by atoms with Crippen molar-refractivity contribution in [3.63, 3.8) is 0 Å². The van der Waals surface area contributed by atoms with E-state index in [0.717, 1.165) is 36.9 Å². The number of carbonyl (C=O) groups is 3. The van der Waals surface area contributed by atoms with Crippen LogP contribution in [0.5, 0.6) is 0 Å². The van der Waals surface area contributed by atoms with E-state index in [0.29, 0.717) is 12.8 Å². The summed E-state index contributed by atoms with van der Waals surface area (Å²) in [5.41, 5.74) is 1.65. The lowest BCUT2D eigenvalue weighted by molar-refractivity contribution is -0.142. The number of hydrogen-bond acceptors (Lipinski definition) is 3. The zero-order chi connectivity index (χ0) is 17.8. The normalized spacial score (nSPS) is 22.9. The van der Waals surface area contributed by atoms with E-state index >= 15 is 0 Å². The third-order valence-corrected chi connectivity index (χ3v) is 4.98. The highest BCUT2D eigenvalue weighted by Crippen LogP contribution is 2.30. The van der Waals surface area contributed by atoms with Gasteiger partial charge in [-0.3, -0.25) is 14.4 Å². The van der Waals surface area contributed by atoms with Crippen molar-refractivity contribution in [3.8, 4) is 0 Å². The number of carboxylic acid groups (broad SMARTS) is 1. The van der Waals surface area contributed by atoms with Crippen LogP contribution < -0.4 is 10.6 Å². The first-order valence-corrected chi connectivity index (χ1v) is 8.93. The minimum Gasteiger partial charge on any atom is -0.481 e. The zero-order valence-corrected chi connectivity index (χ0v) is 14.2. The number of anilines is 1. The molecule has 6 nitrogen and oxygen atoms in total. The van der Waals surface area contributed by atoms with Crippen LogP contribution in [0.25, 0.3) is 0 Å². The molecule has 0 unspecified atom stereocenters. The van der Waals surface area contributed by atoms with Gasteiger partial charge in [0.1, 0.15) is 0 Å². The van der Waals surface area contributed by atoms with Crippen molar-refractivity contribution in [2.24, 2.45) is 11.8 Å². The summed E-state index contributed by atoms with van der Waals surface area (Å²) in [5.74, 6) is -0.817. The third kappa shape index (κ3) is 5.05. The van der Waals surface area contributed by atoms with Crippen LogP contribution in [0.2, 0.25) is 0 Å². The Morgan fingerprint density at radius 1 is 0.920 bits per heavy atom. The molecule has 1 aromatic rings. The molecule has 2 aliphatic carbocycles. The number of amides is 2. The second-order valence-corrected chi connectivity index (χ2v) is 7.09. The molecule has 1 aromatic carbocycles. The molecule has 2 aliphatic rings. The van der Waals surface area contributed by atoms with Gasteiger partial charge in [0.2, 0.25) is 11.8 Å². The summed E-state index contributed by atoms with van der Waals surface area (Å²) in [7, 11) is 0. The lowest BCUT2D eigenvalue weighted by Crippen LogP contribution is -2.39. The predicted octanol–water partition coefficient (Wildman–Crippen LogP) is 2.34. The number of benzene rings is 1. The first-order chi connectivity index (χ1) is 12.0. The molecule has 2 saturated carbocycles. The fourth-order valence-electron chi connectivity index (χ4n) is 3.24. The lowest BCUT2D eigenvalue weighted by Gasteiger charge is -2.26. The third-order valence-electron chi connectivity index (χ3n) is 4.98. The Labute approximate surface area is 147 Å². The molecule has 6 heteroatoms. The van der Waals surface area contributed by atoms with Crippen molar-refractivity contribution < 1.29 is 19.5 Å². The molecule has 0 aliphatic heterocycles. The summed E-state index contributed by atoms with van der Waals surface area (Å²) >= 11 is 0. The lowest BCUT2D eigenvalue weighted by atomic mass is 9.86. The maximum Gasteiger partial charge on any atom is 0.306 e. The molecular weight excluding hydrogens is 320 g/mol. The van der Waals surface area contributed by atoms with Crippen LogP contribution in [0.3, 0.4) is 0 Å². The summed E-state index contributed by atoms with van der Waals surface area (Å²) in [4.78, 5) is 34.8. The zero-order valence-electron chi connectivity index (χ0n) is 14.2. The van der Waals surface area contributed by atoms with E-state index in [4.69, 9.17) is 5.11 Å². The van der Waals surface area contributed by atoms with Gasteiger partial charge in [-0.25, -0.2) is 0 Å². The summed E-state index contributed by atoms with van der Waals surface area (Å²) in [5, 5.41) is 14.9. The molecule has 0 spiro atoms. The number of carboxylic acids is 1. The van der Waals surface area contributed by atoms with Gasteiger partial charge in [-0.2, -0.15) is 0 Å². The first kappa shape index (κ1) is 17.5. The van der Waals surface area contributed by atoms with Crippen LogP contribution in [-0.2, 0) is 20.8 Å². The van der Waals surface area contributed by atoms with Crippen LogP contribution in [0.1, 0.15) is 44.1 Å². The van der Waals surface area contributed by atoms with Gasteiger partial charge in [-0.15, -0.1) is 0 Å². The fourth-order valence-corrected chi connectivity index (χ4v) is 3.24. The molecule has 0 saturated heterocycles.